The van der Waals surface area contributed by atoms with E-state index in [9.17, 15) is 10.2 Å². The third-order valence-corrected chi connectivity index (χ3v) is 5.60. The summed E-state index contributed by atoms with van der Waals surface area (Å²) in [6.45, 7) is 10.5. The molecule has 0 bridgehead atoms. The molecule has 0 spiro atoms. The Morgan fingerprint density at radius 2 is 1.02 bits per heavy atom. The second-order valence-electron chi connectivity index (χ2n) is 8.11. The fourth-order valence-electron chi connectivity index (χ4n) is 3.55. The van der Waals surface area contributed by atoms with Gasteiger partial charge in [-0.05, 0) is 11.1 Å². The number of hydrogen-bond donors (Lipinski definition) is 2. The molecule has 10 nitrogen and oxygen atoms in total. The summed E-state index contributed by atoms with van der Waals surface area (Å²) in [6, 6.07) is 13.9. The molecule has 0 aliphatic carbocycles. The fraction of sp³-hybridized carbons (Fsp3) is 0.500. The Kier molecular flexibility index (Phi) is 33.8. The molecule has 2 aromatic rings. The summed E-state index contributed by atoms with van der Waals surface area (Å²) in [5.41, 5.74) is 1.32. The summed E-state index contributed by atoms with van der Waals surface area (Å²) < 4.78 is 10.5. The Balaban J connectivity index is 0. The third kappa shape index (κ3) is 22.4. The van der Waals surface area contributed by atoms with Crippen LogP contribution in [0.2, 0.25) is 0 Å². The number of halogens is 3. The Morgan fingerprint density at radius 1 is 0.714 bits per heavy atom. The van der Waals surface area contributed by atoms with E-state index < -0.39 is 0 Å². The van der Waals surface area contributed by atoms with Gasteiger partial charge in [0, 0.05) is 65.9 Å². The molecule has 0 saturated carbocycles. The van der Waals surface area contributed by atoms with Crippen LogP contribution in [0.3, 0.4) is 0 Å². The number of nitrogens with zero attached hydrogens (tertiary/aromatic N) is 4. The number of aliphatic hydroxyl groups is 2. The summed E-state index contributed by atoms with van der Waals surface area (Å²) in [6.07, 6.45) is 3.34. The van der Waals surface area contributed by atoms with Crippen LogP contribution in [-0.4, -0.2) is 125 Å². The fourth-order valence-corrected chi connectivity index (χ4v) is 3.55. The smallest absolute Gasteiger partial charge is 0.872 e. The number of hydrogen-bond acceptors (Lipinski definition) is 10. The maximum Gasteiger partial charge on any atom is 3.00 e. The molecule has 2 saturated heterocycles. The van der Waals surface area contributed by atoms with Crippen molar-refractivity contribution in [3.8, 4) is 11.5 Å². The SMILES string of the molecule is CO.CO.I[I-]I.[Mn+3].[O-]c1ccccc1C=NCCN1CCOCC1.[O-]c1ccccc1C=NCCN1CCOCC1. The number of para-hydroxylation sites is 2. The van der Waals surface area contributed by atoms with Crippen molar-refractivity contribution < 1.29 is 60.2 Å². The number of benzene rings is 2. The zero-order valence-corrected chi connectivity index (χ0v) is 31.7. The third-order valence-electron chi connectivity index (χ3n) is 5.60. The number of aliphatic hydroxyl groups excluding tert-OH is 2. The van der Waals surface area contributed by atoms with Gasteiger partial charge in [0.2, 0.25) is 0 Å². The van der Waals surface area contributed by atoms with Gasteiger partial charge in [-0.3, -0.25) is 19.8 Å². The minimum atomic E-state index is 0. The van der Waals surface area contributed by atoms with Crippen LogP contribution in [0.5, 0.6) is 11.5 Å². The Bertz CT molecular complexity index is 865. The number of rotatable bonds is 8. The summed E-state index contributed by atoms with van der Waals surface area (Å²) in [5, 5.41) is 36.8. The number of aliphatic imine (C=N–C) groups is 2. The molecule has 0 radical (unpaired) electrons. The van der Waals surface area contributed by atoms with Crippen molar-refractivity contribution >= 4 is 49.7 Å². The van der Waals surface area contributed by atoms with Crippen LogP contribution in [0.1, 0.15) is 11.1 Å². The van der Waals surface area contributed by atoms with Crippen LogP contribution in [0.4, 0.5) is 0 Å². The van der Waals surface area contributed by atoms with Crippen molar-refractivity contribution in [2.45, 2.75) is 0 Å². The van der Waals surface area contributed by atoms with Crippen molar-refractivity contribution in [3.63, 3.8) is 0 Å². The Morgan fingerprint density at radius 3 is 1.33 bits per heavy atom. The van der Waals surface area contributed by atoms with E-state index in [1.54, 1.807) is 48.8 Å². The van der Waals surface area contributed by atoms with E-state index in [2.05, 4.69) is 57.0 Å². The van der Waals surface area contributed by atoms with E-state index >= 15 is 0 Å². The second-order valence-corrected chi connectivity index (χ2v) is 24.4. The summed E-state index contributed by atoms with van der Waals surface area (Å²) >= 11 is 5.30. The van der Waals surface area contributed by atoms with Gasteiger partial charge in [0.15, 0.2) is 0 Å². The first-order valence-corrected chi connectivity index (χ1v) is 25.6. The Hall–Kier alpha value is -0.151. The van der Waals surface area contributed by atoms with Gasteiger partial charge in [-0.2, -0.15) is 0 Å². The van der Waals surface area contributed by atoms with E-state index in [1.807, 2.05) is 12.1 Å². The quantitative estimate of drug-likeness (QED) is 0.196. The van der Waals surface area contributed by atoms with Gasteiger partial charge in [-0.25, -0.2) is 0 Å². The standard InChI is InChI=1S/2C13H18N2O2.2CH4O.I3.Mn/c2*16-13-4-2-1-3-12(13)11-14-5-6-15-7-9-17-10-8-15;2*1-2;1-3-2;/h2*1-4,11,16H,5-10H2;2*2H,1H3;;/q;;;;-1;+3/p-2. The zero-order chi connectivity index (χ0) is 30.6. The first-order valence-electron chi connectivity index (χ1n) is 13.0. The molecule has 2 aromatic carbocycles. The van der Waals surface area contributed by atoms with E-state index in [0.717, 1.165) is 93.0 Å². The summed E-state index contributed by atoms with van der Waals surface area (Å²) in [5.74, 6) is 0.0604. The van der Waals surface area contributed by atoms with Gasteiger partial charge in [0.05, 0.1) is 39.5 Å². The molecule has 0 atom stereocenters. The average molecular weight is 966 g/mol. The molecule has 0 aromatic heterocycles. The van der Waals surface area contributed by atoms with Gasteiger partial charge < -0.3 is 29.9 Å². The normalized spacial score (nSPS) is 15.1. The maximum atomic E-state index is 11.4. The van der Waals surface area contributed by atoms with Crippen LogP contribution in [0, 0.1) is 0 Å². The predicted octanol–water partition coefficient (Wildman–Crippen LogP) is -0.987. The van der Waals surface area contributed by atoms with E-state index in [0.29, 0.717) is 24.4 Å². The molecule has 2 aliphatic rings. The Labute approximate surface area is 291 Å². The summed E-state index contributed by atoms with van der Waals surface area (Å²) in [7, 11) is 2.00. The van der Waals surface area contributed by atoms with Crippen LogP contribution in [0.15, 0.2) is 58.5 Å². The van der Waals surface area contributed by atoms with E-state index in [4.69, 9.17) is 19.7 Å². The van der Waals surface area contributed by atoms with Gasteiger partial charge in [0.1, 0.15) is 0 Å². The summed E-state index contributed by atoms with van der Waals surface area (Å²) in [4.78, 5) is 13.2. The van der Waals surface area contributed by atoms with Crippen LogP contribution >= 0.6 is 37.2 Å². The molecule has 2 aliphatic heterocycles. The molecule has 2 fully saturated rings. The molecule has 42 heavy (non-hydrogen) atoms. The average Bonchev–Trinajstić information content (AvgIpc) is 3.03. The largest absolute Gasteiger partial charge is 3.00 e. The monoisotopic (exact) mass is 966 g/mol. The predicted molar refractivity (Wildman–Crippen MR) is 176 cm³/mol. The van der Waals surface area contributed by atoms with Gasteiger partial charge in [0.25, 0.3) is 0 Å². The molecule has 0 unspecified atom stereocenters. The number of morpholine rings is 2. The number of ether oxygens (including phenoxy) is 2. The van der Waals surface area contributed by atoms with E-state index in [-0.39, 0.29) is 28.6 Å². The molecule has 4 rings (SSSR count). The molecule has 2 N–H and O–H groups in total. The van der Waals surface area contributed by atoms with Crippen LogP contribution in [-0.2, 0) is 26.5 Å². The van der Waals surface area contributed by atoms with Crippen molar-refractivity contribution in [2.24, 2.45) is 9.98 Å². The minimum absolute atomic E-state index is 0. The molecule has 0 amide bonds. The van der Waals surface area contributed by atoms with Gasteiger partial charge >= 0.3 is 67.6 Å². The molecular weight excluding hydrogens is 924 g/mol. The molecule has 14 heteroatoms. The van der Waals surface area contributed by atoms with Crippen molar-refractivity contribution in [1.82, 2.24) is 9.80 Å². The van der Waals surface area contributed by atoms with Crippen LogP contribution < -0.4 is 23.5 Å². The molecular formula is C28H42I3MnN4O6. The zero-order valence-electron chi connectivity index (χ0n) is 24.1. The van der Waals surface area contributed by atoms with Gasteiger partial charge in [-0.1, -0.05) is 48.5 Å². The minimum Gasteiger partial charge on any atom is -0.872 e. The van der Waals surface area contributed by atoms with Gasteiger partial charge in [-0.15, -0.1) is 11.5 Å². The first kappa shape index (κ1) is 44.0. The molecule has 2 heterocycles. The second kappa shape index (κ2) is 32.2. The van der Waals surface area contributed by atoms with E-state index in [1.165, 1.54) is 0 Å². The molecule has 238 valence electrons. The first-order chi connectivity index (χ1) is 20.1. The van der Waals surface area contributed by atoms with Crippen LogP contribution in [0.25, 0.3) is 0 Å². The van der Waals surface area contributed by atoms with Crippen molar-refractivity contribution in [1.29, 1.82) is 0 Å². The van der Waals surface area contributed by atoms with Crippen molar-refractivity contribution in [3.05, 3.63) is 59.7 Å². The maximum absolute atomic E-state index is 11.4. The topological polar surface area (TPSA) is 136 Å². The van der Waals surface area contributed by atoms with Crippen molar-refractivity contribution in [2.75, 3.05) is 93.0 Å².